The van der Waals surface area contributed by atoms with Gasteiger partial charge in [0.1, 0.15) is 0 Å². The van der Waals surface area contributed by atoms with Gasteiger partial charge in [-0.05, 0) is 64.2 Å². The Morgan fingerprint density at radius 2 is 1.67 bits per heavy atom. The number of aliphatic hydroxyl groups is 3. The van der Waals surface area contributed by atoms with Crippen molar-refractivity contribution in [1.29, 1.82) is 0 Å². The summed E-state index contributed by atoms with van der Waals surface area (Å²) >= 11 is 0. The highest BCUT2D eigenvalue weighted by molar-refractivity contribution is 5.16. The molecule has 0 bridgehead atoms. The van der Waals surface area contributed by atoms with Gasteiger partial charge in [-0.25, -0.2) is 0 Å². The average molecular weight is 337 g/mol. The van der Waals surface area contributed by atoms with Gasteiger partial charge in [0.05, 0.1) is 17.8 Å². The summed E-state index contributed by atoms with van der Waals surface area (Å²) in [6.45, 7) is 8.11. The first-order chi connectivity index (χ1) is 11.1. The molecular formula is C21H36O3. The molecule has 0 spiro atoms. The molecule has 0 aliphatic heterocycles. The SMILES string of the molecule is CC(C)(O)/C=C/CC(C)(C)CCC/C=C/C=C1CC(O)CC(O)C1. The minimum Gasteiger partial charge on any atom is -0.393 e. The lowest BCUT2D eigenvalue weighted by Crippen LogP contribution is -2.24. The van der Waals surface area contributed by atoms with E-state index in [1.807, 2.05) is 12.2 Å². The Labute approximate surface area is 147 Å². The second-order valence-corrected chi connectivity index (χ2v) is 8.52. The van der Waals surface area contributed by atoms with Crippen LogP contribution in [0.4, 0.5) is 0 Å². The van der Waals surface area contributed by atoms with Gasteiger partial charge in [-0.3, -0.25) is 0 Å². The standard InChI is InChI=1S/C21H36O3/c1-20(2,12-9-13-21(3,4)24)11-8-6-5-7-10-17-14-18(22)16-19(23)15-17/h5,7,9-10,13,18-19,22-24H,6,8,11-12,14-16H2,1-4H3/b7-5+,13-9+,17-10?. The second kappa shape index (κ2) is 9.55. The van der Waals surface area contributed by atoms with Gasteiger partial charge in [-0.1, -0.05) is 49.8 Å². The summed E-state index contributed by atoms with van der Waals surface area (Å²) in [5.41, 5.74) is 0.646. The molecule has 0 heterocycles. The zero-order chi connectivity index (χ0) is 18.2. The van der Waals surface area contributed by atoms with E-state index < -0.39 is 17.8 Å². The van der Waals surface area contributed by atoms with Crippen molar-refractivity contribution >= 4 is 0 Å². The third-order valence-corrected chi connectivity index (χ3v) is 4.43. The van der Waals surface area contributed by atoms with Crippen LogP contribution in [-0.2, 0) is 0 Å². The minimum absolute atomic E-state index is 0.242. The van der Waals surface area contributed by atoms with E-state index in [2.05, 4.69) is 32.1 Å². The molecule has 1 aliphatic carbocycles. The third kappa shape index (κ3) is 10.1. The van der Waals surface area contributed by atoms with E-state index in [0.717, 1.165) is 31.3 Å². The zero-order valence-corrected chi connectivity index (χ0v) is 15.8. The fraction of sp³-hybridized carbons (Fsp3) is 0.714. The number of hydrogen-bond donors (Lipinski definition) is 3. The first kappa shape index (κ1) is 21.1. The van der Waals surface area contributed by atoms with E-state index in [4.69, 9.17) is 0 Å². The van der Waals surface area contributed by atoms with E-state index in [9.17, 15) is 15.3 Å². The topological polar surface area (TPSA) is 60.7 Å². The van der Waals surface area contributed by atoms with Crippen molar-refractivity contribution in [1.82, 2.24) is 0 Å². The number of rotatable bonds is 8. The van der Waals surface area contributed by atoms with Crippen LogP contribution in [0.15, 0.2) is 36.0 Å². The van der Waals surface area contributed by atoms with Gasteiger partial charge >= 0.3 is 0 Å². The van der Waals surface area contributed by atoms with Crippen LogP contribution in [-0.4, -0.2) is 33.1 Å². The van der Waals surface area contributed by atoms with E-state index in [1.54, 1.807) is 13.8 Å². The van der Waals surface area contributed by atoms with Gasteiger partial charge in [0.15, 0.2) is 0 Å². The lowest BCUT2D eigenvalue weighted by atomic mass is 9.83. The highest BCUT2D eigenvalue weighted by Gasteiger charge is 2.21. The molecule has 24 heavy (non-hydrogen) atoms. The number of hydrogen-bond acceptors (Lipinski definition) is 3. The molecule has 0 aromatic heterocycles. The summed E-state index contributed by atoms with van der Waals surface area (Å²) in [6, 6.07) is 0. The molecule has 1 saturated carbocycles. The maximum atomic E-state index is 9.70. The molecule has 0 radical (unpaired) electrons. The predicted octanol–water partition coefficient (Wildman–Crippen LogP) is 4.29. The van der Waals surface area contributed by atoms with Gasteiger partial charge in [-0.2, -0.15) is 0 Å². The van der Waals surface area contributed by atoms with Gasteiger partial charge in [0, 0.05) is 0 Å². The molecule has 3 nitrogen and oxygen atoms in total. The fourth-order valence-electron chi connectivity index (χ4n) is 3.07. The van der Waals surface area contributed by atoms with E-state index in [-0.39, 0.29) is 5.41 Å². The van der Waals surface area contributed by atoms with Crippen molar-refractivity contribution < 1.29 is 15.3 Å². The van der Waals surface area contributed by atoms with Crippen LogP contribution >= 0.6 is 0 Å². The molecule has 2 unspecified atom stereocenters. The van der Waals surface area contributed by atoms with Crippen molar-refractivity contribution in [3.8, 4) is 0 Å². The lowest BCUT2D eigenvalue weighted by molar-refractivity contribution is 0.0609. The summed E-state index contributed by atoms with van der Waals surface area (Å²) in [4.78, 5) is 0. The van der Waals surface area contributed by atoms with Crippen LogP contribution in [0.25, 0.3) is 0 Å². The van der Waals surface area contributed by atoms with Crippen LogP contribution in [0.1, 0.15) is 72.6 Å². The molecule has 2 atom stereocenters. The zero-order valence-electron chi connectivity index (χ0n) is 15.8. The first-order valence-electron chi connectivity index (χ1n) is 9.18. The molecule has 0 saturated heterocycles. The van der Waals surface area contributed by atoms with Crippen molar-refractivity contribution in [2.75, 3.05) is 0 Å². The largest absolute Gasteiger partial charge is 0.393 e. The first-order valence-corrected chi connectivity index (χ1v) is 9.18. The molecule has 3 N–H and O–H groups in total. The summed E-state index contributed by atoms with van der Waals surface area (Å²) < 4.78 is 0. The fourth-order valence-corrected chi connectivity index (χ4v) is 3.07. The average Bonchev–Trinajstić information content (AvgIpc) is 2.39. The molecule has 0 aromatic rings. The van der Waals surface area contributed by atoms with Crippen molar-refractivity contribution in [2.45, 2.75) is 90.4 Å². The number of aliphatic hydroxyl groups excluding tert-OH is 2. The van der Waals surface area contributed by atoms with Crippen LogP contribution in [0, 0.1) is 5.41 Å². The molecule has 1 aliphatic rings. The van der Waals surface area contributed by atoms with Gasteiger partial charge in [-0.15, -0.1) is 0 Å². The Balaban J connectivity index is 2.28. The summed E-state index contributed by atoms with van der Waals surface area (Å²) in [7, 11) is 0. The third-order valence-electron chi connectivity index (χ3n) is 4.43. The molecule has 0 aromatic carbocycles. The summed E-state index contributed by atoms with van der Waals surface area (Å²) in [6.07, 6.45) is 15.6. The molecule has 3 heteroatoms. The van der Waals surface area contributed by atoms with Gasteiger partial charge in [0.25, 0.3) is 0 Å². The number of unbranched alkanes of at least 4 members (excludes halogenated alkanes) is 1. The molecule has 138 valence electrons. The van der Waals surface area contributed by atoms with Gasteiger partial charge < -0.3 is 15.3 Å². The molecule has 1 rings (SSSR count). The highest BCUT2D eigenvalue weighted by atomic mass is 16.3. The minimum atomic E-state index is -0.730. The monoisotopic (exact) mass is 336 g/mol. The molecule has 1 fully saturated rings. The smallest absolute Gasteiger partial charge is 0.0771 e. The lowest BCUT2D eigenvalue weighted by Gasteiger charge is -2.24. The normalized spacial score (nSPS) is 23.4. The quantitative estimate of drug-likeness (QED) is 0.458. The van der Waals surface area contributed by atoms with Crippen LogP contribution in [0.2, 0.25) is 0 Å². The van der Waals surface area contributed by atoms with Crippen LogP contribution < -0.4 is 0 Å². The second-order valence-electron chi connectivity index (χ2n) is 8.52. The highest BCUT2D eigenvalue weighted by Crippen LogP contribution is 2.28. The summed E-state index contributed by atoms with van der Waals surface area (Å²) in [5, 5.41) is 29.0. The van der Waals surface area contributed by atoms with E-state index >= 15 is 0 Å². The van der Waals surface area contributed by atoms with Crippen molar-refractivity contribution in [2.24, 2.45) is 5.41 Å². The Morgan fingerprint density at radius 3 is 2.25 bits per heavy atom. The van der Waals surface area contributed by atoms with Crippen molar-refractivity contribution in [3.63, 3.8) is 0 Å². The maximum absolute atomic E-state index is 9.70. The van der Waals surface area contributed by atoms with E-state index in [1.165, 1.54) is 0 Å². The van der Waals surface area contributed by atoms with Crippen LogP contribution in [0.3, 0.4) is 0 Å². The predicted molar refractivity (Wildman–Crippen MR) is 101 cm³/mol. The number of allylic oxidation sites excluding steroid dienone is 4. The van der Waals surface area contributed by atoms with Gasteiger partial charge in [0.2, 0.25) is 0 Å². The Kier molecular flexibility index (Phi) is 8.41. The molecule has 0 amide bonds. The van der Waals surface area contributed by atoms with Crippen molar-refractivity contribution in [3.05, 3.63) is 36.0 Å². The summed E-state index contributed by atoms with van der Waals surface area (Å²) in [5.74, 6) is 0. The van der Waals surface area contributed by atoms with E-state index in [0.29, 0.717) is 19.3 Å². The Hall–Kier alpha value is -0.900. The Morgan fingerprint density at radius 1 is 1.04 bits per heavy atom. The molecular weight excluding hydrogens is 300 g/mol. The maximum Gasteiger partial charge on any atom is 0.0771 e. The Bertz CT molecular complexity index is 440. The van der Waals surface area contributed by atoms with Crippen LogP contribution in [0.5, 0.6) is 0 Å².